The Kier molecular flexibility index (Phi) is 4.87. The highest BCUT2D eigenvalue weighted by molar-refractivity contribution is 8.03. The summed E-state index contributed by atoms with van der Waals surface area (Å²) in [5, 5.41) is 2.93. The molecule has 0 radical (unpaired) electrons. The number of benzene rings is 1. The van der Waals surface area contributed by atoms with E-state index in [1.54, 1.807) is 55.5 Å². The van der Waals surface area contributed by atoms with Gasteiger partial charge in [0.15, 0.2) is 11.5 Å². The van der Waals surface area contributed by atoms with Gasteiger partial charge in [0.25, 0.3) is 5.91 Å². The van der Waals surface area contributed by atoms with Crippen LogP contribution in [0.15, 0.2) is 23.1 Å². The Morgan fingerprint density at radius 2 is 1.92 bits per heavy atom. The molecule has 1 N–H and O–H groups in total. The molecule has 0 bridgehead atoms. The van der Waals surface area contributed by atoms with Crippen LogP contribution in [0, 0.1) is 13.8 Å². The van der Waals surface area contributed by atoms with Crippen LogP contribution >= 0.6 is 23.1 Å². The highest BCUT2D eigenvalue weighted by Crippen LogP contribution is 2.39. The first-order valence-electron chi connectivity index (χ1n) is 7.50. The predicted octanol–water partition coefficient (Wildman–Crippen LogP) is 4.61. The van der Waals surface area contributed by atoms with E-state index >= 15 is 0 Å². The number of fused-ring (bicyclic) bond motifs is 1. The number of rotatable bonds is 4. The number of thiophene rings is 1. The van der Waals surface area contributed by atoms with Crippen LogP contribution in [0.1, 0.15) is 20.9 Å². The molecule has 0 fully saturated rings. The lowest BCUT2D eigenvalue weighted by molar-refractivity contribution is -0.112. The molecule has 3 rings (SSSR count). The zero-order valence-electron chi connectivity index (χ0n) is 14.1. The van der Waals surface area contributed by atoms with Crippen LogP contribution in [0.4, 0.5) is 5.69 Å². The number of methoxy groups -OCH3 is 2. The van der Waals surface area contributed by atoms with Gasteiger partial charge in [-0.1, -0.05) is 0 Å². The lowest BCUT2D eigenvalue weighted by atomic mass is 10.1. The van der Waals surface area contributed by atoms with Crippen molar-refractivity contribution < 1.29 is 14.3 Å². The zero-order valence-corrected chi connectivity index (χ0v) is 15.7. The summed E-state index contributed by atoms with van der Waals surface area (Å²) in [5.41, 5.74) is 3.38. The van der Waals surface area contributed by atoms with E-state index in [1.807, 2.05) is 6.08 Å². The molecule has 1 aromatic heterocycles. The van der Waals surface area contributed by atoms with Crippen molar-refractivity contribution in [1.82, 2.24) is 0 Å². The van der Waals surface area contributed by atoms with Crippen LogP contribution < -0.4 is 14.8 Å². The van der Waals surface area contributed by atoms with E-state index in [4.69, 9.17) is 9.47 Å². The normalized spacial score (nSPS) is 13.1. The molecule has 1 aliphatic rings. The van der Waals surface area contributed by atoms with Gasteiger partial charge < -0.3 is 14.8 Å². The van der Waals surface area contributed by atoms with Gasteiger partial charge in [-0.05, 0) is 43.2 Å². The number of thioether (sulfide) groups is 1. The number of carbonyl (C=O) groups excluding carboxylic acids is 1. The predicted molar refractivity (Wildman–Crippen MR) is 101 cm³/mol. The van der Waals surface area contributed by atoms with Gasteiger partial charge >= 0.3 is 0 Å². The third-order valence-corrected chi connectivity index (χ3v) is 6.28. The Morgan fingerprint density at radius 3 is 2.62 bits per heavy atom. The summed E-state index contributed by atoms with van der Waals surface area (Å²) in [6.07, 6.45) is 1.99. The smallest absolute Gasteiger partial charge is 0.262 e. The van der Waals surface area contributed by atoms with Crippen molar-refractivity contribution in [3.63, 3.8) is 0 Å². The molecular formula is C18H19NO3S2. The highest BCUT2D eigenvalue weighted by Gasteiger charge is 2.21. The summed E-state index contributed by atoms with van der Waals surface area (Å²) in [6, 6.07) is 5.34. The minimum absolute atomic E-state index is 0.0958. The van der Waals surface area contributed by atoms with E-state index in [-0.39, 0.29) is 5.91 Å². The first kappa shape index (κ1) is 16.9. The first-order chi connectivity index (χ1) is 11.5. The van der Waals surface area contributed by atoms with E-state index in [0.29, 0.717) is 17.2 Å². The second-order valence-electron chi connectivity index (χ2n) is 5.45. The SMILES string of the molecule is COc1ccc(NC(=O)C2=Cc3sc(C)c(C)c3CS2)cc1OC. The van der Waals surface area contributed by atoms with Crippen molar-refractivity contribution in [2.75, 3.05) is 19.5 Å². The van der Waals surface area contributed by atoms with Gasteiger partial charge in [0.05, 0.1) is 19.1 Å². The second-order valence-corrected chi connectivity index (χ2v) is 7.72. The van der Waals surface area contributed by atoms with Crippen LogP contribution in [-0.2, 0) is 10.5 Å². The number of aryl methyl sites for hydroxylation is 1. The van der Waals surface area contributed by atoms with Crippen molar-refractivity contribution in [1.29, 1.82) is 0 Å². The summed E-state index contributed by atoms with van der Waals surface area (Å²) >= 11 is 3.33. The Bertz CT molecular complexity index is 824. The molecule has 4 nitrogen and oxygen atoms in total. The maximum Gasteiger partial charge on any atom is 0.262 e. The number of hydrogen-bond donors (Lipinski definition) is 1. The van der Waals surface area contributed by atoms with Crippen LogP contribution in [0.5, 0.6) is 11.5 Å². The number of ether oxygens (including phenoxy) is 2. The van der Waals surface area contributed by atoms with E-state index in [0.717, 1.165) is 10.7 Å². The maximum atomic E-state index is 12.6. The molecule has 1 aromatic carbocycles. The molecule has 0 unspecified atom stereocenters. The molecule has 2 aromatic rings. The van der Waals surface area contributed by atoms with Gasteiger partial charge in [0.2, 0.25) is 0 Å². The van der Waals surface area contributed by atoms with Gasteiger partial charge in [0.1, 0.15) is 0 Å². The molecule has 0 saturated heterocycles. The third kappa shape index (κ3) is 3.16. The molecule has 0 aliphatic carbocycles. The molecular weight excluding hydrogens is 342 g/mol. The van der Waals surface area contributed by atoms with Crippen LogP contribution in [0.25, 0.3) is 6.08 Å². The molecule has 126 valence electrons. The maximum absolute atomic E-state index is 12.6. The average Bonchev–Trinajstić information content (AvgIpc) is 2.88. The fourth-order valence-electron chi connectivity index (χ4n) is 2.54. The van der Waals surface area contributed by atoms with Crippen molar-refractivity contribution in [3.8, 4) is 11.5 Å². The first-order valence-corrected chi connectivity index (χ1v) is 9.30. The second kappa shape index (κ2) is 6.91. The molecule has 0 spiro atoms. The van der Waals surface area contributed by atoms with Gasteiger partial charge in [-0.25, -0.2) is 0 Å². The standard InChI is InChI=1S/C18H19NO3S2/c1-10-11(2)24-16-8-17(23-9-13(10)16)18(20)19-12-5-6-14(21-3)15(7-12)22-4/h5-8H,9H2,1-4H3,(H,19,20). The Hall–Kier alpha value is -1.92. The lowest BCUT2D eigenvalue weighted by Gasteiger charge is -2.15. The highest BCUT2D eigenvalue weighted by atomic mass is 32.2. The molecule has 0 atom stereocenters. The van der Waals surface area contributed by atoms with E-state index in [1.165, 1.54) is 20.9 Å². The summed E-state index contributed by atoms with van der Waals surface area (Å²) < 4.78 is 10.5. The zero-order chi connectivity index (χ0) is 17.3. The van der Waals surface area contributed by atoms with Gasteiger partial charge in [0, 0.05) is 27.3 Å². The minimum atomic E-state index is -0.0958. The fourth-order valence-corrected chi connectivity index (χ4v) is 4.90. The summed E-state index contributed by atoms with van der Waals surface area (Å²) in [4.78, 5) is 15.8. The van der Waals surface area contributed by atoms with E-state index < -0.39 is 0 Å². The van der Waals surface area contributed by atoms with Crippen molar-refractivity contribution in [3.05, 3.63) is 44.0 Å². The Balaban J connectivity index is 1.81. The van der Waals surface area contributed by atoms with Crippen LogP contribution in [0.2, 0.25) is 0 Å². The number of nitrogens with one attached hydrogen (secondary N) is 1. The van der Waals surface area contributed by atoms with Crippen molar-refractivity contribution >= 4 is 40.8 Å². The number of carbonyl (C=O) groups is 1. The van der Waals surface area contributed by atoms with Gasteiger partial charge in [-0.2, -0.15) is 0 Å². The number of hydrogen-bond acceptors (Lipinski definition) is 5. The molecule has 1 amide bonds. The number of anilines is 1. The Morgan fingerprint density at radius 1 is 1.17 bits per heavy atom. The molecule has 24 heavy (non-hydrogen) atoms. The van der Waals surface area contributed by atoms with Crippen LogP contribution in [0.3, 0.4) is 0 Å². The summed E-state index contributed by atoms with van der Waals surface area (Å²) in [6.45, 7) is 4.27. The summed E-state index contributed by atoms with van der Waals surface area (Å²) in [5.74, 6) is 1.97. The minimum Gasteiger partial charge on any atom is -0.493 e. The van der Waals surface area contributed by atoms with E-state index in [9.17, 15) is 4.79 Å². The van der Waals surface area contributed by atoms with Crippen LogP contribution in [-0.4, -0.2) is 20.1 Å². The van der Waals surface area contributed by atoms with Gasteiger partial charge in [-0.15, -0.1) is 23.1 Å². The van der Waals surface area contributed by atoms with E-state index in [2.05, 4.69) is 19.2 Å². The lowest BCUT2D eigenvalue weighted by Crippen LogP contribution is -2.14. The Labute approximate surface area is 149 Å². The molecule has 1 aliphatic heterocycles. The van der Waals surface area contributed by atoms with Crippen molar-refractivity contribution in [2.24, 2.45) is 0 Å². The van der Waals surface area contributed by atoms with Gasteiger partial charge in [-0.3, -0.25) is 4.79 Å². The van der Waals surface area contributed by atoms with Crippen molar-refractivity contribution in [2.45, 2.75) is 19.6 Å². The molecule has 2 heterocycles. The largest absolute Gasteiger partial charge is 0.493 e. The number of amides is 1. The average molecular weight is 361 g/mol. The topological polar surface area (TPSA) is 47.6 Å². The monoisotopic (exact) mass is 361 g/mol. The quantitative estimate of drug-likeness (QED) is 0.864. The summed E-state index contributed by atoms with van der Waals surface area (Å²) in [7, 11) is 3.16. The molecule has 0 saturated carbocycles. The fraction of sp³-hybridized carbons (Fsp3) is 0.278. The molecule has 6 heteroatoms. The third-order valence-electron chi connectivity index (χ3n) is 4.04.